The molecule has 1 aromatic heterocycles. The Kier molecular flexibility index (Phi) is 4.48. The summed E-state index contributed by atoms with van der Waals surface area (Å²) in [5, 5.41) is 3.29. The van der Waals surface area contributed by atoms with Crippen molar-refractivity contribution in [3.8, 4) is 11.8 Å². The number of benzene rings is 2. The fourth-order valence-electron chi connectivity index (χ4n) is 2.28. The zero-order valence-corrected chi connectivity index (χ0v) is 12.9. The highest BCUT2D eigenvalue weighted by Crippen LogP contribution is 2.31. The highest BCUT2D eigenvalue weighted by Gasteiger charge is 2.32. The molecule has 0 bridgehead atoms. The van der Waals surface area contributed by atoms with Crippen LogP contribution in [0.15, 0.2) is 59.0 Å². The molecule has 0 fully saturated rings. The van der Waals surface area contributed by atoms with Crippen LogP contribution < -0.4 is 5.32 Å². The average molecular weight is 343 g/mol. The lowest BCUT2D eigenvalue weighted by Crippen LogP contribution is -2.23. The highest BCUT2D eigenvalue weighted by molar-refractivity contribution is 5.96. The Bertz CT molecular complexity index is 944. The number of rotatable bonds is 2. The molecule has 0 spiro atoms. The van der Waals surface area contributed by atoms with Crippen molar-refractivity contribution in [3.05, 3.63) is 71.5 Å². The first-order chi connectivity index (χ1) is 11.9. The summed E-state index contributed by atoms with van der Waals surface area (Å²) in [5.41, 5.74) is -0.350. The van der Waals surface area contributed by atoms with Crippen molar-refractivity contribution < 1.29 is 22.4 Å². The van der Waals surface area contributed by atoms with Crippen molar-refractivity contribution >= 4 is 16.9 Å². The van der Waals surface area contributed by atoms with E-state index in [1.165, 1.54) is 18.2 Å². The number of amides is 1. The lowest BCUT2D eigenvalue weighted by atomic mass is 10.1. The van der Waals surface area contributed by atoms with Crippen molar-refractivity contribution in [1.29, 1.82) is 0 Å². The number of carbonyl (C=O) groups excluding carboxylic acids is 1. The lowest BCUT2D eigenvalue weighted by molar-refractivity contribution is -0.137. The Labute approximate surface area is 141 Å². The van der Waals surface area contributed by atoms with E-state index in [0.29, 0.717) is 5.58 Å². The van der Waals surface area contributed by atoms with Gasteiger partial charge in [0.15, 0.2) is 5.76 Å². The molecule has 0 saturated heterocycles. The van der Waals surface area contributed by atoms with Crippen LogP contribution in [0.3, 0.4) is 0 Å². The third kappa shape index (κ3) is 3.83. The lowest BCUT2D eigenvalue weighted by Gasteiger charge is -2.08. The minimum Gasteiger partial charge on any atom is -0.451 e. The number of halogens is 3. The molecule has 2 aromatic carbocycles. The number of alkyl halides is 3. The van der Waals surface area contributed by atoms with Gasteiger partial charge in [0, 0.05) is 10.9 Å². The van der Waals surface area contributed by atoms with E-state index in [2.05, 4.69) is 17.2 Å². The van der Waals surface area contributed by atoms with Gasteiger partial charge in [0.25, 0.3) is 5.91 Å². The number of fused-ring (bicyclic) bond motifs is 1. The number of carbonyl (C=O) groups is 1. The summed E-state index contributed by atoms with van der Waals surface area (Å²) in [6.45, 7) is -0.0952. The Morgan fingerprint density at radius 1 is 1.08 bits per heavy atom. The van der Waals surface area contributed by atoms with Gasteiger partial charge in [-0.15, -0.1) is 0 Å². The number of hydrogen-bond donors (Lipinski definition) is 1. The maximum absolute atomic E-state index is 12.9. The van der Waals surface area contributed by atoms with E-state index in [0.717, 1.165) is 11.5 Å². The minimum absolute atomic E-state index is 0.0952. The highest BCUT2D eigenvalue weighted by atomic mass is 19.4. The quantitative estimate of drug-likeness (QED) is 0.708. The van der Waals surface area contributed by atoms with Crippen LogP contribution >= 0.6 is 0 Å². The smallest absolute Gasteiger partial charge is 0.417 e. The molecule has 0 aliphatic carbocycles. The molecule has 0 unspecified atom stereocenters. The molecule has 0 radical (unpaired) electrons. The number of hydrogen-bond acceptors (Lipinski definition) is 2. The summed E-state index contributed by atoms with van der Waals surface area (Å²) in [7, 11) is 0. The number of para-hydroxylation sites is 1. The van der Waals surface area contributed by atoms with E-state index in [-0.39, 0.29) is 17.9 Å². The largest absolute Gasteiger partial charge is 0.451 e. The third-order valence-corrected chi connectivity index (χ3v) is 3.44. The van der Waals surface area contributed by atoms with Gasteiger partial charge in [-0.1, -0.05) is 42.2 Å². The van der Waals surface area contributed by atoms with Crippen LogP contribution in [-0.2, 0) is 6.18 Å². The van der Waals surface area contributed by atoms with Crippen molar-refractivity contribution in [2.24, 2.45) is 0 Å². The average Bonchev–Trinajstić information content (AvgIpc) is 3.02. The molecule has 126 valence electrons. The Morgan fingerprint density at radius 2 is 1.80 bits per heavy atom. The molecule has 6 heteroatoms. The van der Waals surface area contributed by atoms with Gasteiger partial charge >= 0.3 is 6.18 Å². The summed E-state index contributed by atoms with van der Waals surface area (Å²) >= 11 is 0. The summed E-state index contributed by atoms with van der Waals surface area (Å²) in [4.78, 5) is 12.0. The zero-order chi connectivity index (χ0) is 17.9. The monoisotopic (exact) mass is 343 g/mol. The van der Waals surface area contributed by atoms with E-state index in [1.54, 1.807) is 18.2 Å². The summed E-state index contributed by atoms with van der Waals surface area (Å²) in [5.74, 6) is 4.61. The molecule has 3 nitrogen and oxygen atoms in total. The standard InChI is InChI=1S/C19H12F3NO2/c20-19(21,22)15-9-3-1-6-13(15)8-5-11-23-18(24)17-12-14-7-2-4-10-16(14)25-17/h1-4,6-7,9-10,12H,11H2,(H,23,24). The molecule has 1 N–H and O–H groups in total. The van der Waals surface area contributed by atoms with E-state index >= 15 is 0 Å². The molecule has 0 atom stereocenters. The molecule has 1 amide bonds. The fraction of sp³-hybridized carbons (Fsp3) is 0.105. The molecule has 3 rings (SSSR count). The van der Waals surface area contributed by atoms with Gasteiger partial charge in [0.1, 0.15) is 5.58 Å². The van der Waals surface area contributed by atoms with Crippen LogP contribution in [0.2, 0.25) is 0 Å². The van der Waals surface area contributed by atoms with E-state index in [9.17, 15) is 18.0 Å². The SMILES string of the molecule is O=C(NCC#Cc1ccccc1C(F)(F)F)c1cc2ccccc2o1. The first-order valence-corrected chi connectivity index (χ1v) is 7.37. The maximum Gasteiger partial charge on any atom is 0.417 e. The molecule has 0 aliphatic heterocycles. The first kappa shape index (κ1) is 16.7. The predicted molar refractivity (Wildman–Crippen MR) is 86.9 cm³/mol. The van der Waals surface area contributed by atoms with E-state index < -0.39 is 17.6 Å². The molecule has 0 saturated carbocycles. The van der Waals surface area contributed by atoms with Crippen molar-refractivity contribution in [3.63, 3.8) is 0 Å². The molecule has 3 aromatic rings. The number of furan rings is 1. The van der Waals surface area contributed by atoms with E-state index in [4.69, 9.17) is 4.42 Å². The molecule has 0 aliphatic rings. The van der Waals surface area contributed by atoms with Gasteiger partial charge in [0.2, 0.25) is 0 Å². The second kappa shape index (κ2) is 6.73. The van der Waals surface area contributed by atoms with Crippen LogP contribution in [-0.4, -0.2) is 12.5 Å². The Hall–Kier alpha value is -3.20. The molecule has 25 heavy (non-hydrogen) atoms. The Morgan fingerprint density at radius 3 is 2.56 bits per heavy atom. The van der Waals surface area contributed by atoms with Crippen LogP contribution in [0.25, 0.3) is 11.0 Å². The predicted octanol–water partition coefficient (Wildman–Crippen LogP) is 4.23. The van der Waals surface area contributed by atoms with Gasteiger partial charge in [-0.2, -0.15) is 13.2 Å². The van der Waals surface area contributed by atoms with Crippen molar-refractivity contribution in [2.75, 3.05) is 6.54 Å². The van der Waals surface area contributed by atoms with Gasteiger partial charge in [0.05, 0.1) is 12.1 Å². The minimum atomic E-state index is -4.47. The fourth-order valence-corrected chi connectivity index (χ4v) is 2.28. The summed E-state index contributed by atoms with van der Waals surface area (Å²) < 4.78 is 44.0. The van der Waals surface area contributed by atoms with Crippen LogP contribution in [0.1, 0.15) is 21.7 Å². The van der Waals surface area contributed by atoms with Crippen molar-refractivity contribution in [1.82, 2.24) is 5.32 Å². The van der Waals surface area contributed by atoms with Gasteiger partial charge < -0.3 is 9.73 Å². The maximum atomic E-state index is 12.9. The first-order valence-electron chi connectivity index (χ1n) is 7.37. The van der Waals surface area contributed by atoms with Gasteiger partial charge in [-0.05, 0) is 24.3 Å². The molecular formula is C19H12F3NO2. The normalized spacial score (nSPS) is 11.0. The van der Waals surface area contributed by atoms with Crippen molar-refractivity contribution in [2.45, 2.75) is 6.18 Å². The molecular weight excluding hydrogens is 331 g/mol. The van der Waals surface area contributed by atoms with Gasteiger partial charge in [-0.3, -0.25) is 4.79 Å². The second-order valence-electron chi connectivity index (χ2n) is 5.18. The van der Waals surface area contributed by atoms with Crippen LogP contribution in [0.5, 0.6) is 0 Å². The van der Waals surface area contributed by atoms with Crippen LogP contribution in [0, 0.1) is 11.8 Å². The third-order valence-electron chi connectivity index (χ3n) is 3.44. The van der Waals surface area contributed by atoms with E-state index in [1.807, 2.05) is 12.1 Å². The molecule has 1 heterocycles. The summed E-state index contributed by atoms with van der Waals surface area (Å²) in [6, 6.07) is 13.8. The topological polar surface area (TPSA) is 42.2 Å². The summed E-state index contributed by atoms with van der Waals surface area (Å²) in [6.07, 6.45) is -4.47. The number of nitrogens with one attached hydrogen (secondary N) is 1. The zero-order valence-electron chi connectivity index (χ0n) is 12.9. The van der Waals surface area contributed by atoms with Gasteiger partial charge in [-0.25, -0.2) is 0 Å². The Balaban J connectivity index is 1.68. The second-order valence-corrected chi connectivity index (χ2v) is 5.18. The van der Waals surface area contributed by atoms with Crippen LogP contribution in [0.4, 0.5) is 13.2 Å².